The fraction of sp³-hybridized carbons (Fsp3) is 0.508. The average molecular weight is 1110 g/mol. The zero-order chi connectivity index (χ0) is 56.7. The number of piperazine rings is 3. The van der Waals surface area contributed by atoms with Crippen LogP contribution < -0.4 is 25.2 Å². The Bertz CT molecular complexity index is 3330. The number of benzene rings is 2. The molecule has 0 aliphatic carbocycles. The highest BCUT2D eigenvalue weighted by molar-refractivity contribution is 7.92. The summed E-state index contributed by atoms with van der Waals surface area (Å²) in [6, 6.07) is 16.4. The van der Waals surface area contributed by atoms with Gasteiger partial charge in [0.05, 0.1) is 46.1 Å². The molecule has 0 bridgehead atoms. The maximum Gasteiger partial charge on any atom is 0.255 e. The molecule has 6 aromatic rings. The summed E-state index contributed by atoms with van der Waals surface area (Å²) < 4.78 is 46.8. The number of nitrogens with one attached hydrogen (secondary N) is 3. The van der Waals surface area contributed by atoms with Gasteiger partial charge in [-0.1, -0.05) is 26.0 Å². The third-order valence-electron chi connectivity index (χ3n) is 16.5. The summed E-state index contributed by atoms with van der Waals surface area (Å²) in [5.74, 6) is 2.00. The van der Waals surface area contributed by atoms with Gasteiger partial charge in [-0.2, -0.15) is 5.10 Å². The van der Waals surface area contributed by atoms with Crippen LogP contribution in [0.2, 0.25) is 0 Å². The van der Waals surface area contributed by atoms with Crippen LogP contribution in [0.15, 0.2) is 78.2 Å². The lowest BCUT2D eigenvalue weighted by atomic mass is 9.91. The summed E-state index contributed by atoms with van der Waals surface area (Å²) in [5.41, 5.74) is 6.37. The molecule has 4 aromatic heterocycles. The number of halogens is 1. The van der Waals surface area contributed by atoms with Gasteiger partial charge in [-0.15, -0.1) is 0 Å². The predicted octanol–water partition coefficient (Wildman–Crippen LogP) is 6.53. The second-order valence-corrected chi connectivity index (χ2v) is 26.6. The lowest BCUT2D eigenvalue weighted by molar-refractivity contribution is -0.120. The molecule has 3 fully saturated rings. The Kier molecular flexibility index (Phi) is 16.3. The second-order valence-electron chi connectivity index (χ2n) is 23.9. The number of aromatic amines is 1. The molecular formula is C59H77FN14O5S. The minimum Gasteiger partial charge on any atom is -0.492 e. The Hall–Kier alpha value is -6.65. The van der Waals surface area contributed by atoms with Crippen molar-refractivity contribution in [2.45, 2.75) is 108 Å². The van der Waals surface area contributed by atoms with E-state index in [-0.39, 0.29) is 51.8 Å². The average Bonchev–Trinajstić information content (AvgIpc) is 3.98. The van der Waals surface area contributed by atoms with Crippen LogP contribution >= 0.6 is 0 Å². The van der Waals surface area contributed by atoms with Crippen LogP contribution in [0.25, 0.3) is 10.9 Å². The van der Waals surface area contributed by atoms with E-state index in [9.17, 15) is 22.4 Å². The Morgan fingerprint density at radius 3 is 2.36 bits per heavy atom. The number of aryl methyl sites for hydroxylation is 1. The molecule has 0 radical (unpaired) electrons. The van der Waals surface area contributed by atoms with E-state index in [1.165, 1.54) is 18.5 Å². The third-order valence-corrected chi connectivity index (χ3v) is 19.0. The molecule has 3 saturated heterocycles. The number of hydrogen-bond donors (Lipinski definition) is 3. The van der Waals surface area contributed by atoms with E-state index in [4.69, 9.17) is 14.7 Å². The first-order valence-electron chi connectivity index (χ1n) is 28.0. The van der Waals surface area contributed by atoms with Crippen LogP contribution in [0.5, 0.6) is 5.75 Å². The van der Waals surface area contributed by atoms with E-state index < -0.39 is 14.6 Å². The highest BCUT2D eigenvalue weighted by Crippen LogP contribution is 2.41. The molecule has 3 atom stereocenters. The van der Waals surface area contributed by atoms with Crippen molar-refractivity contribution in [1.82, 2.24) is 55.0 Å². The number of aromatic nitrogens is 6. The number of rotatable bonds is 16. The van der Waals surface area contributed by atoms with Crippen molar-refractivity contribution < 1.29 is 27.1 Å². The number of carbonyl (C=O) groups is 2. The number of carbonyl (C=O) groups excluding carboxylic acids is 2. The van der Waals surface area contributed by atoms with Gasteiger partial charge in [0.2, 0.25) is 5.91 Å². The molecule has 0 spiro atoms. The van der Waals surface area contributed by atoms with Crippen molar-refractivity contribution in [1.29, 1.82) is 0 Å². The first-order valence-corrected chi connectivity index (χ1v) is 29.5. The maximum atomic E-state index is 14.4. The zero-order valence-corrected chi connectivity index (χ0v) is 48.5. The topological polar surface area (TPSA) is 201 Å². The molecule has 0 saturated carbocycles. The summed E-state index contributed by atoms with van der Waals surface area (Å²) in [6.07, 6.45) is 6.29. The Labute approximate surface area is 469 Å². The van der Waals surface area contributed by atoms with Crippen LogP contribution in [0.3, 0.4) is 0 Å². The zero-order valence-electron chi connectivity index (χ0n) is 47.7. The summed E-state index contributed by atoms with van der Waals surface area (Å²) >= 11 is 0. The van der Waals surface area contributed by atoms with Crippen molar-refractivity contribution >= 4 is 55.7 Å². The van der Waals surface area contributed by atoms with Gasteiger partial charge in [0.1, 0.15) is 40.2 Å². The van der Waals surface area contributed by atoms with E-state index in [2.05, 4.69) is 84.2 Å². The second kappa shape index (κ2) is 23.1. The number of anilines is 4. The monoisotopic (exact) mass is 1110 g/mol. The van der Waals surface area contributed by atoms with Gasteiger partial charge in [-0.25, -0.2) is 27.8 Å². The SMILES string of the molecule is Cc1n[nH]c(Nc2ncnc3cc(OCCCN4CCN(C(=O)c5ccc(N6CCN(C[C@H]7CN[C@H](C)CN7CC(=O)N7CC(C)(C)c8ncc(Cc9ccc(F)cc9)cc87)[C@H](C)C6)nc5)CC4)c(S(=O)(=O)C(C)(C)C)cc23)c1C. The van der Waals surface area contributed by atoms with Crippen molar-refractivity contribution in [3.05, 3.63) is 113 Å². The summed E-state index contributed by atoms with van der Waals surface area (Å²) in [4.78, 5) is 60.1. The molecule has 0 unspecified atom stereocenters. The van der Waals surface area contributed by atoms with Crippen molar-refractivity contribution in [3.63, 3.8) is 0 Å². The van der Waals surface area contributed by atoms with Crippen LogP contribution in [-0.2, 0) is 26.5 Å². The summed E-state index contributed by atoms with van der Waals surface area (Å²) in [6.45, 7) is 26.9. The Balaban J connectivity index is 0.692. The molecule has 4 aliphatic rings. The summed E-state index contributed by atoms with van der Waals surface area (Å²) in [7, 11) is -3.83. The van der Waals surface area contributed by atoms with Crippen LogP contribution in [0, 0.1) is 19.7 Å². The molecule has 2 amide bonds. The third kappa shape index (κ3) is 12.2. The van der Waals surface area contributed by atoms with E-state index in [0.29, 0.717) is 86.8 Å². The van der Waals surface area contributed by atoms with Crippen molar-refractivity contribution in [3.8, 4) is 5.75 Å². The van der Waals surface area contributed by atoms with Crippen LogP contribution in [-0.4, -0.2) is 185 Å². The lowest BCUT2D eigenvalue weighted by Gasteiger charge is -2.46. The first-order chi connectivity index (χ1) is 38.1. The number of ether oxygens (including phenoxy) is 1. The van der Waals surface area contributed by atoms with E-state index in [0.717, 1.165) is 85.4 Å². The normalized spacial score (nSPS) is 20.3. The van der Waals surface area contributed by atoms with E-state index in [1.54, 1.807) is 51.2 Å². The minimum absolute atomic E-state index is 0.0366. The van der Waals surface area contributed by atoms with Crippen LogP contribution in [0.1, 0.15) is 93.3 Å². The maximum absolute atomic E-state index is 14.4. The van der Waals surface area contributed by atoms with Gasteiger partial charge in [-0.05, 0) is 109 Å². The van der Waals surface area contributed by atoms with Gasteiger partial charge in [0, 0.05) is 131 Å². The molecule has 10 rings (SSSR count). The number of hydrogen-bond acceptors (Lipinski definition) is 16. The highest BCUT2D eigenvalue weighted by atomic mass is 32.2. The molecular weight excluding hydrogens is 1040 g/mol. The van der Waals surface area contributed by atoms with Gasteiger partial charge in [-0.3, -0.25) is 34.4 Å². The standard InChI is InChI=1S/C59H77FN14O5S/c1-38-32-73(35-53(75)74-36-59(8,9)54-49(74)26-43(29-63-54)25-42-11-14-45(60)15-12-42)46(31-61-38)34-71-22-23-72(33-39(71)2)52-16-13-44(30-62-52)57(76)70-20-18-69(19-21-70)17-10-24-79-50-28-48-47(27-51(50)80(77,78)58(5,6)7)56(65-37-64-48)66-55-40(3)41(4)67-68-55/h11-16,26-30,37-39,46,61H,10,17-25,31-36H2,1-9H3,(H2,64,65,66,67,68)/t38-,39-,46-/m1/s1. The molecule has 2 aromatic carbocycles. The van der Waals surface area contributed by atoms with Gasteiger partial charge < -0.3 is 30.1 Å². The fourth-order valence-electron chi connectivity index (χ4n) is 11.4. The number of fused-ring (bicyclic) bond motifs is 2. The molecule has 3 N–H and O–H groups in total. The number of amides is 2. The van der Waals surface area contributed by atoms with E-state index >= 15 is 0 Å². The van der Waals surface area contributed by atoms with Gasteiger partial charge in [0.25, 0.3) is 5.91 Å². The Morgan fingerprint density at radius 2 is 1.66 bits per heavy atom. The summed E-state index contributed by atoms with van der Waals surface area (Å²) in [5, 5.41) is 14.7. The van der Waals surface area contributed by atoms with Crippen molar-refractivity contribution in [2.75, 3.05) is 107 Å². The molecule has 8 heterocycles. The number of nitrogens with zero attached hydrogens (tertiary/aromatic N) is 11. The predicted molar refractivity (Wildman–Crippen MR) is 309 cm³/mol. The molecule has 19 nitrogen and oxygen atoms in total. The molecule has 4 aliphatic heterocycles. The number of sulfone groups is 1. The van der Waals surface area contributed by atoms with Gasteiger partial charge >= 0.3 is 0 Å². The smallest absolute Gasteiger partial charge is 0.255 e. The molecule has 80 heavy (non-hydrogen) atoms. The largest absolute Gasteiger partial charge is 0.492 e. The van der Waals surface area contributed by atoms with Gasteiger partial charge in [0.15, 0.2) is 9.84 Å². The highest BCUT2D eigenvalue weighted by Gasteiger charge is 2.42. The molecule has 21 heteroatoms. The van der Waals surface area contributed by atoms with Crippen molar-refractivity contribution in [2.24, 2.45) is 0 Å². The number of pyridine rings is 2. The number of H-pyrrole nitrogens is 1. The van der Waals surface area contributed by atoms with E-state index in [1.807, 2.05) is 42.0 Å². The van der Waals surface area contributed by atoms with Crippen LogP contribution in [0.4, 0.5) is 27.5 Å². The Morgan fingerprint density at radius 1 is 0.887 bits per heavy atom. The minimum atomic E-state index is -3.83. The fourth-order valence-corrected chi connectivity index (χ4v) is 12.7. The molecule has 426 valence electrons. The lowest BCUT2D eigenvalue weighted by Crippen LogP contribution is -2.63. The quantitative estimate of drug-likeness (QED) is 0.0883. The first kappa shape index (κ1) is 56.6.